The molecule has 266 valence electrons. The Hall–Kier alpha value is -7.20. The van der Waals surface area contributed by atoms with Gasteiger partial charge in [0.05, 0.1) is 11.4 Å². The van der Waals surface area contributed by atoms with Gasteiger partial charge < -0.3 is 0 Å². The highest BCUT2D eigenvalue weighted by Gasteiger charge is 2.18. The van der Waals surface area contributed by atoms with Crippen molar-refractivity contribution in [3.05, 3.63) is 206 Å². The highest BCUT2D eigenvalue weighted by atomic mass is 32.1. The molecule has 57 heavy (non-hydrogen) atoms. The number of benzene rings is 9. The van der Waals surface area contributed by atoms with E-state index in [0.717, 1.165) is 39.2 Å². The Morgan fingerprint density at radius 3 is 1.51 bits per heavy atom. The third-order valence-corrected chi connectivity index (χ3v) is 12.3. The summed E-state index contributed by atoms with van der Waals surface area (Å²) in [5, 5.41) is 7.90. The fourth-order valence-corrected chi connectivity index (χ4v) is 9.62. The highest BCUT2D eigenvalue weighted by Crippen LogP contribution is 2.47. The molecule has 2 nitrogen and oxygen atoms in total. The van der Waals surface area contributed by atoms with Crippen molar-refractivity contribution in [2.75, 3.05) is 0 Å². The van der Waals surface area contributed by atoms with Gasteiger partial charge in [0, 0.05) is 42.2 Å². The Labute approximate surface area is 335 Å². The minimum absolute atomic E-state index is 0.707. The molecule has 0 amide bonds. The van der Waals surface area contributed by atoms with Gasteiger partial charge in [-0.25, -0.2) is 9.97 Å². The predicted molar refractivity (Wildman–Crippen MR) is 243 cm³/mol. The zero-order valence-corrected chi connectivity index (χ0v) is 31.7. The van der Waals surface area contributed by atoms with Crippen LogP contribution in [-0.4, -0.2) is 9.97 Å². The van der Waals surface area contributed by atoms with E-state index in [1.807, 2.05) is 35.6 Å². The number of rotatable bonds is 6. The van der Waals surface area contributed by atoms with Crippen LogP contribution >= 0.6 is 11.3 Å². The number of hydrogen-bond donors (Lipinski definition) is 0. The zero-order chi connectivity index (χ0) is 37.7. The number of thiophene rings is 1. The van der Waals surface area contributed by atoms with Gasteiger partial charge in [-0.05, 0) is 73.8 Å². The molecule has 2 heterocycles. The van der Waals surface area contributed by atoms with Crippen LogP contribution in [-0.2, 0) is 0 Å². The van der Waals surface area contributed by atoms with Crippen molar-refractivity contribution in [3.8, 4) is 67.3 Å². The van der Waals surface area contributed by atoms with Gasteiger partial charge in [-0.3, -0.25) is 0 Å². The van der Waals surface area contributed by atoms with Crippen LogP contribution in [0.15, 0.2) is 206 Å². The van der Waals surface area contributed by atoms with Crippen molar-refractivity contribution in [3.63, 3.8) is 0 Å². The smallest absolute Gasteiger partial charge is 0.160 e. The number of fused-ring (bicyclic) bond motifs is 8. The van der Waals surface area contributed by atoms with Gasteiger partial charge in [0.25, 0.3) is 0 Å². The molecular weight excluding hydrogens is 709 g/mol. The molecule has 0 unspecified atom stereocenters. The van der Waals surface area contributed by atoms with E-state index in [1.165, 1.54) is 64.0 Å². The van der Waals surface area contributed by atoms with E-state index in [-0.39, 0.29) is 0 Å². The van der Waals surface area contributed by atoms with Gasteiger partial charge in [-0.2, -0.15) is 0 Å². The lowest BCUT2D eigenvalue weighted by Gasteiger charge is -2.12. The number of nitrogens with zero attached hydrogens (tertiary/aromatic N) is 2. The average molecular weight is 743 g/mol. The summed E-state index contributed by atoms with van der Waals surface area (Å²) >= 11 is 1.90. The lowest BCUT2D eigenvalue weighted by atomic mass is 9.92. The fourth-order valence-electron chi connectivity index (χ4n) is 8.34. The van der Waals surface area contributed by atoms with E-state index in [1.54, 1.807) is 0 Å². The molecule has 11 rings (SSSR count). The summed E-state index contributed by atoms with van der Waals surface area (Å²) in [6.07, 6.45) is 0. The first-order chi connectivity index (χ1) is 28.2. The van der Waals surface area contributed by atoms with Gasteiger partial charge in [-0.1, -0.05) is 182 Å². The van der Waals surface area contributed by atoms with Crippen LogP contribution in [0.4, 0.5) is 0 Å². The van der Waals surface area contributed by atoms with E-state index in [9.17, 15) is 0 Å². The molecule has 0 fully saturated rings. The van der Waals surface area contributed by atoms with Crippen molar-refractivity contribution < 1.29 is 0 Å². The molecule has 3 heteroatoms. The summed E-state index contributed by atoms with van der Waals surface area (Å²) in [7, 11) is 0. The summed E-state index contributed by atoms with van der Waals surface area (Å²) in [5.74, 6) is 0.707. The molecule has 0 bridgehead atoms. The van der Waals surface area contributed by atoms with Gasteiger partial charge >= 0.3 is 0 Å². The largest absolute Gasteiger partial charge is 0.228 e. The summed E-state index contributed by atoms with van der Waals surface area (Å²) < 4.78 is 2.65. The van der Waals surface area contributed by atoms with Crippen molar-refractivity contribution in [1.82, 2.24) is 9.97 Å². The topological polar surface area (TPSA) is 25.8 Å². The normalized spacial score (nSPS) is 11.5. The minimum Gasteiger partial charge on any atom is -0.228 e. The Morgan fingerprint density at radius 2 is 0.789 bits per heavy atom. The molecule has 0 aliphatic rings. The summed E-state index contributed by atoms with van der Waals surface area (Å²) in [6, 6.07) is 73.8. The maximum atomic E-state index is 5.16. The molecule has 0 saturated carbocycles. The molecule has 0 N–H and O–H groups in total. The van der Waals surface area contributed by atoms with Crippen molar-refractivity contribution in [1.29, 1.82) is 0 Å². The molecule has 0 spiro atoms. The van der Waals surface area contributed by atoms with Crippen molar-refractivity contribution >= 4 is 53.1 Å². The van der Waals surface area contributed by atoms with E-state index < -0.39 is 0 Å². The number of hydrogen-bond acceptors (Lipinski definition) is 3. The standard InChI is InChI=1S/C54H34N2S/c1-3-14-35(15-4-1)36-28-30-37(31-29-36)48-34-49(56-54(55-48)38-16-5-2-6-17-38)42-21-12-19-40(33-42)39-18-11-20-41(32-39)43-26-13-27-50-51(43)52-46-24-9-7-22-44(46)45-23-8-10-25-47(45)53(52)57-50/h1-34H. The summed E-state index contributed by atoms with van der Waals surface area (Å²) in [5.41, 5.74) is 12.0. The van der Waals surface area contributed by atoms with Crippen LogP contribution in [0.25, 0.3) is 109 Å². The van der Waals surface area contributed by atoms with Crippen molar-refractivity contribution in [2.45, 2.75) is 0 Å². The fraction of sp³-hybridized carbons (Fsp3) is 0. The molecular formula is C54H34N2S. The molecule has 0 aliphatic heterocycles. The Bertz CT molecular complexity index is 3270. The minimum atomic E-state index is 0.707. The van der Waals surface area contributed by atoms with Gasteiger partial charge in [0.2, 0.25) is 0 Å². The predicted octanol–water partition coefficient (Wildman–Crippen LogP) is 15.2. The SMILES string of the molecule is c1ccc(-c2ccc(-c3cc(-c4cccc(-c5cccc(-c6cccc7sc8c9ccccc9c9ccccc9c8c67)c5)c4)nc(-c4ccccc4)n3)cc2)cc1. The van der Waals surface area contributed by atoms with Crippen LogP contribution in [0.2, 0.25) is 0 Å². The first-order valence-corrected chi connectivity index (χ1v) is 20.1. The van der Waals surface area contributed by atoms with E-state index in [0.29, 0.717) is 5.82 Å². The highest BCUT2D eigenvalue weighted by molar-refractivity contribution is 7.27. The number of aromatic nitrogens is 2. The molecule has 0 atom stereocenters. The molecule has 2 aromatic heterocycles. The Morgan fingerprint density at radius 1 is 0.298 bits per heavy atom. The first kappa shape index (κ1) is 33.2. The molecule has 0 radical (unpaired) electrons. The second-order valence-electron chi connectivity index (χ2n) is 14.5. The molecule has 0 aliphatic carbocycles. The second-order valence-corrected chi connectivity index (χ2v) is 15.6. The Kier molecular flexibility index (Phi) is 8.04. The van der Waals surface area contributed by atoms with Crippen LogP contribution < -0.4 is 0 Å². The van der Waals surface area contributed by atoms with Crippen LogP contribution in [0, 0.1) is 0 Å². The third-order valence-electron chi connectivity index (χ3n) is 11.1. The maximum Gasteiger partial charge on any atom is 0.160 e. The van der Waals surface area contributed by atoms with Gasteiger partial charge in [0.1, 0.15) is 0 Å². The quantitative estimate of drug-likeness (QED) is 0.159. The summed E-state index contributed by atoms with van der Waals surface area (Å²) in [6.45, 7) is 0. The van der Waals surface area contributed by atoms with E-state index in [4.69, 9.17) is 9.97 Å². The first-order valence-electron chi connectivity index (χ1n) is 19.3. The second kappa shape index (κ2) is 13.8. The third kappa shape index (κ3) is 5.88. The Balaban J connectivity index is 1.02. The van der Waals surface area contributed by atoms with Crippen molar-refractivity contribution in [2.24, 2.45) is 0 Å². The van der Waals surface area contributed by atoms with Crippen LogP contribution in [0.3, 0.4) is 0 Å². The lowest BCUT2D eigenvalue weighted by molar-refractivity contribution is 1.18. The van der Waals surface area contributed by atoms with Crippen LogP contribution in [0.5, 0.6) is 0 Å². The maximum absolute atomic E-state index is 5.16. The zero-order valence-electron chi connectivity index (χ0n) is 30.9. The van der Waals surface area contributed by atoms with E-state index in [2.05, 4.69) is 182 Å². The van der Waals surface area contributed by atoms with Gasteiger partial charge in [-0.15, -0.1) is 11.3 Å². The summed E-state index contributed by atoms with van der Waals surface area (Å²) in [4.78, 5) is 10.3. The monoisotopic (exact) mass is 742 g/mol. The van der Waals surface area contributed by atoms with Gasteiger partial charge in [0.15, 0.2) is 5.82 Å². The molecule has 9 aromatic carbocycles. The molecule has 11 aromatic rings. The average Bonchev–Trinajstić information content (AvgIpc) is 3.70. The van der Waals surface area contributed by atoms with Crippen LogP contribution in [0.1, 0.15) is 0 Å². The lowest BCUT2D eigenvalue weighted by Crippen LogP contribution is -1.96. The van der Waals surface area contributed by atoms with E-state index >= 15 is 0 Å². The molecule has 0 saturated heterocycles.